The summed E-state index contributed by atoms with van der Waals surface area (Å²) in [6.07, 6.45) is 0. The number of benzene rings is 2. The lowest BCUT2D eigenvalue weighted by Crippen LogP contribution is -2.36. The highest BCUT2D eigenvalue weighted by Gasteiger charge is 2.29. The first-order valence-electron chi connectivity index (χ1n) is 6.71. The molecule has 1 aliphatic heterocycles. The van der Waals surface area contributed by atoms with Gasteiger partial charge in [0, 0.05) is 5.69 Å². The molecule has 2 aromatic rings. The lowest BCUT2D eigenvalue weighted by molar-refractivity contribution is 0.475. The largest absolute Gasteiger partial charge is 0.506 e. The number of aromatic hydroxyl groups is 1. The van der Waals surface area contributed by atoms with Crippen LogP contribution in [0.15, 0.2) is 47.5 Å². The molecule has 3 N–H and O–H groups in total. The van der Waals surface area contributed by atoms with Crippen LogP contribution in [0, 0.1) is 6.92 Å². The van der Waals surface area contributed by atoms with E-state index in [1.807, 2.05) is 42.2 Å². The third-order valence-corrected chi connectivity index (χ3v) is 4.02. The predicted octanol–water partition coefficient (Wildman–Crippen LogP) is 3.23. The maximum atomic E-state index is 9.57. The van der Waals surface area contributed by atoms with Crippen LogP contribution in [-0.4, -0.2) is 17.6 Å². The Morgan fingerprint density at radius 3 is 2.76 bits per heavy atom. The molecule has 0 bridgehead atoms. The molecule has 0 saturated heterocycles. The molecule has 3 rings (SSSR count). The minimum atomic E-state index is -0.0100. The van der Waals surface area contributed by atoms with E-state index in [1.54, 1.807) is 12.1 Å². The first kappa shape index (κ1) is 13.8. The molecule has 0 spiro atoms. The summed E-state index contributed by atoms with van der Waals surface area (Å²) in [4.78, 5) is 6.37. The highest BCUT2D eigenvalue weighted by atomic mass is 35.5. The molecule has 0 aliphatic carbocycles. The number of hydrogen-bond acceptors (Lipinski definition) is 4. The molecule has 0 saturated carbocycles. The second-order valence-corrected chi connectivity index (χ2v) is 5.49. The van der Waals surface area contributed by atoms with Crippen LogP contribution in [0.3, 0.4) is 0 Å². The molecule has 21 heavy (non-hydrogen) atoms. The van der Waals surface area contributed by atoms with Gasteiger partial charge in [0.2, 0.25) is 0 Å². The molecule has 2 aromatic carbocycles. The standard InChI is InChI=1S/C16H16ClN3O/c1-10-4-2-3-5-13(10)20-14(9-19-16(20)18)11-6-7-15(21)12(17)8-11/h2-8,14,21H,9H2,1H3,(H2,18,19). The summed E-state index contributed by atoms with van der Waals surface area (Å²) in [7, 11) is 0. The second-order valence-electron chi connectivity index (χ2n) is 5.08. The van der Waals surface area contributed by atoms with Crippen molar-refractivity contribution in [3.05, 3.63) is 58.6 Å². The van der Waals surface area contributed by atoms with Crippen molar-refractivity contribution in [2.24, 2.45) is 10.7 Å². The zero-order valence-electron chi connectivity index (χ0n) is 11.6. The van der Waals surface area contributed by atoms with Gasteiger partial charge in [0.05, 0.1) is 17.6 Å². The van der Waals surface area contributed by atoms with Gasteiger partial charge in [-0.3, -0.25) is 4.99 Å². The quantitative estimate of drug-likeness (QED) is 0.895. The Morgan fingerprint density at radius 2 is 2.05 bits per heavy atom. The summed E-state index contributed by atoms with van der Waals surface area (Å²) in [6, 6.07) is 13.3. The number of phenols is 1. The number of rotatable bonds is 2. The fraction of sp³-hybridized carbons (Fsp3) is 0.188. The Morgan fingerprint density at radius 1 is 1.29 bits per heavy atom. The predicted molar refractivity (Wildman–Crippen MR) is 86.0 cm³/mol. The molecule has 4 nitrogen and oxygen atoms in total. The van der Waals surface area contributed by atoms with E-state index in [0.717, 1.165) is 16.8 Å². The summed E-state index contributed by atoms with van der Waals surface area (Å²) in [5, 5.41) is 9.90. The van der Waals surface area contributed by atoms with Crippen LogP contribution in [-0.2, 0) is 0 Å². The fourth-order valence-corrected chi connectivity index (χ4v) is 2.80. The maximum Gasteiger partial charge on any atom is 0.196 e. The molecule has 108 valence electrons. The van der Waals surface area contributed by atoms with E-state index in [9.17, 15) is 5.11 Å². The Labute approximate surface area is 128 Å². The van der Waals surface area contributed by atoms with Crippen molar-refractivity contribution in [1.82, 2.24) is 0 Å². The van der Waals surface area contributed by atoms with Crippen molar-refractivity contribution in [1.29, 1.82) is 0 Å². The topological polar surface area (TPSA) is 61.8 Å². The van der Waals surface area contributed by atoms with Crippen molar-refractivity contribution in [2.75, 3.05) is 11.4 Å². The molecule has 1 atom stereocenters. The van der Waals surface area contributed by atoms with E-state index >= 15 is 0 Å². The first-order valence-corrected chi connectivity index (χ1v) is 7.09. The maximum absolute atomic E-state index is 9.57. The van der Waals surface area contributed by atoms with Crippen molar-refractivity contribution in [3.8, 4) is 5.75 Å². The molecular weight excluding hydrogens is 286 g/mol. The number of halogens is 1. The van der Waals surface area contributed by atoms with Crippen LogP contribution in [0.25, 0.3) is 0 Å². The summed E-state index contributed by atoms with van der Waals surface area (Å²) in [5.74, 6) is 0.577. The van der Waals surface area contributed by atoms with Crippen LogP contribution in [0.2, 0.25) is 5.02 Å². The number of hydrogen-bond donors (Lipinski definition) is 2. The molecule has 1 heterocycles. The zero-order chi connectivity index (χ0) is 15.0. The zero-order valence-corrected chi connectivity index (χ0v) is 12.4. The summed E-state index contributed by atoms with van der Waals surface area (Å²) >= 11 is 6.02. The van der Waals surface area contributed by atoms with Crippen LogP contribution < -0.4 is 10.6 Å². The number of nitrogens with zero attached hydrogens (tertiary/aromatic N) is 2. The third kappa shape index (κ3) is 2.43. The minimum Gasteiger partial charge on any atom is -0.506 e. The lowest BCUT2D eigenvalue weighted by atomic mass is 10.0. The number of anilines is 1. The third-order valence-electron chi connectivity index (χ3n) is 3.72. The van der Waals surface area contributed by atoms with Gasteiger partial charge in [-0.15, -0.1) is 0 Å². The number of phenolic OH excluding ortho intramolecular Hbond substituents is 1. The van der Waals surface area contributed by atoms with Gasteiger partial charge >= 0.3 is 0 Å². The van der Waals surface area contributed by atoms with E-state index in [0.29, 0.717) is 17.5 Å². The second kappa shape index (κ2) is 5.30. The van der Waals surface area contributed by atoms with Gasteiger partial charge in [0.25, 0.3) is 0 Å². The van der Waals surface area contributed by atoms with Crippen molar-refractivity contribution >= 4 is 23.2 Å². The van der Waals surface area contributed by atoms with Gasteiger partial charge in [-0.05, 0) is 36.2 Å². The number of para-hydroxylation sites is 1. The van der Waals surface area contributed by atoms with E-state index < -0.39 is 0 Å². The molecule has 0 amide bonds. The molecule has 0 fully saturated rings. The SMILES string of the molecule is Cc1ccccc1N1C(N)=NCC1c1ccc(O)c(Cl)c1. The molecular formula is C16H16ClN3O. The number of aliphatic imine (C=N–C) groups is 1. The molecule has 5 heteroatoms. The van der Waals surface area contributed by atoms with E-state index in [1.165, 1.54) is 0 Å². The van der Waals surface area contributed by atoms with Gasteiger partial charge in [-0.1, -0.05) is 35.9 Å². The van der Waals surface area contributed by atoms with Gasteiger partial charge in [0.15, 0.2) is 5.96 Å². The van der Waals surface area contributed by atoms with Gasteiger partial charge < -0.3 is 15.7 Å². The minimum absolute atomic E-state index is 0.0100. The highest BCUT2D eigenvalue weighted by molar-refractivity contribution is 6.32. The van der Waals surface area contributed by atoms with Gasteiger partial charge in [-0.25, -0.2) is 0 Å². The van der Waals surface area contributed by atoms with Gasteiger partial charge in [-0.2, -0.15) is 0 Å². The lowest BCUT2D eigenvalue weighted by Gasteiger charge is -2.28. The molecule has 1 aliphatic rings. The Bertz CT molecular complexity index is 714. The average Bonchev–Trinajstić information content (AvgIpc) is 2.84. The van der Waals surface area contributed by atoms with E-state index in [4.69, 9.17) is 17.3 Å². The Hall–Kier alpha value is -2.20. The van der Waals surface area contributed by atoms with Crippen molar-refractivity contribution in [3.63, 3.8) is 0 Å². The monoisotopic (exact) mass is 301 g/mol. The Balaban J connectivity index is 2.03. The number of guanidine groups is 1. The summed E-state index contributed by atoms with van der Waals surface area (Å²) < 4.78 is 0. The van der Waals surface area contributed by atoms with Crippen molar-refractivity contribution in [2.45, 2.75) is 13.0 Å². The van der Waals surface area contributed by atoms with Crippen molar-refractivity contribution < 1.29 is 5.11 Å². The molecule has 0 aromatic heterocycles. The van der Waals surface area contributed by atoms with Crippen LogP contribution >= 0.6 is 11.6 Å². The Kier molecular flexibility index (Phi) is 3.47. The van der Waals surface area contributed by atoms with Crippen LogP contribution in [0.4, 0.5) is 5.69 Å². The summed E-state index contributed by atoms with van der Waals surface area (Å²) in [6.45, 7) is 2.61. The van der Waals surface area contributed by atoms with E-state index in [2.05, 4.69) is 4.99 Å². The number of aryl methyl sites for hydroxylation is 1. The molecule has 0 radical (unpaired) electrons. The number of nitrogens with two attached hydrogens (primary N) is 1. The van der Waals surface area contributed by atoms with Crippen LogP contribution in [0.1, 0.15) is 17.2 Å². The smallest absolute Gasteiger partial charge is 0.196 e. The van der Waals surface area contributed by atoms with Crippen LogP contribution in [0.5, 0.6) is 5.75 Å². The fourth-order valence-electron chi connectivity index (χ4n) is 2.61. The molecule has 1 unspecified atom stereocenters. The highest BCUT2D eigenvalue weighted by Crippen LogP contribution is 2.35. The van der Waals surface area contributed by atoms with Gasteiger partial charge in [0.1, 0.15) is 5.75 Å². The summed E-state index contributed by atoms with van der Waals surface area (Å²) in [5.41, 5.74) is 9.21. The normalized spacial score (nSPS) is 17.9. The first-order chi connectivity index (χ1) is 10.1. The average molecular weight is 302 g/mol. The van der Waals surface area contributed by atoms with E-state index in [-0.39, 0.29) is 11.8 Å².